The smallest absolute Gasteiger partial charge is 0.316 e. The van der Waals surface area contributed by atoms with E-state index in [1.165, 1.54) is 4.90 Å². The van der Waals surface area contributed by atoms with Crippen LogP contribution in [0, 0.1) is 0 Å². The van der Waals surface area contributed by atoms with E-state index in [4.69, 9.17) is 4.52 Å². The maximum Gasteiger partial charge on any atom is 0.316 e. The van der Waals surface area contributed by atoms with Gasteiger partial charge < -0.3 is 19.4 Å². The van der Waals surface area contributed by atoms with Gasteiger partial charge in [-0.05, 0) is 20.2 Å². The van der Waals surface area contributed by atoms with E-state index in [1.807, 2.05) is 29.7 Å². The minimum atomic E-state index is -0.603. The zero-order chi connectivity index (χ0) is 18.8. The van der Waals surface area contributed by atoms with Gasteiger partial charge in [0.1, 0.15) is 6.10 Å². The van der Waals surface area contributed by atoms with Gasteiger partial charge >= 0.3 is 11.8 Å². The average molecular weight is 363 g/mol. The highest BCUT2D eigenvalue weighted by atomic mass is 16.5. The zero-order valence-corrected chi connectivity index (χ0v) is 15.6. The molecule has 0 saturated carbocycles. The molecule has 1 amide bonds. The van der Waals surface area contributed by atoms with Crippen LogP contribution in [0.25, 0.3) is 0 Å². The molecular weight excluding hydrogens is 338 g/mol. The molecule has 142 valence electrons. The number of aliphatic hydroxyl groups is 1. The molecule has 3 rings (SSSR count). The van der Waals surface area contributed by atoms with Crippen molar-refractivity contribution in [2.75, 3.05) is 41.3 Å². The summed E-state index contributed by atoms with van der Waals surface area (Å²) in [6.07, 6.45) is -0.603. The standard InChI is InChI=1S/C16H25N7O3/c1-20(2)9-13(24)12-7-11-8-22(5-6-23(11)18-12)10-14-17-15(26-19-14)16(25)21(3)4/h7,13,24H,5-6,8-10H2,1-4H3/t13-/m1/s1. The Morgan fingerprint density at radius 1 is 1.35 bits per heavy atom. The van der Waals surface area contributed by atoms with E-state index in [-0.39, 0.29) is 11.8 Å². The van der Waals surface area contributed by atoms with Gasteiger partial charge in [0.2, 0.25) is 0 Å². The van der Waals surface area contributed by atoms with Crippen molar-refractivity contribution in [1.29, 1.82) is 0 Å². The Balaban J connectivity index is 1.64. The van der Waals surface area contributed by atoms with Gasteiger partial charge in [-0.15, -0.1) is 0 Å². The van der Waals surface area contributed by atoms with Gasteiger partial charge in [-0.1, -0.05) is 5.16 Å². The number of hydrogen-bond donors (Lipinski definition) is 1. The number of carbonyl (C=O) groups excluding carboxylic acids is 1. The van der Waals surface area contributed by atoms with Gasteiger partial charge in [0.15, 0.2) is 5.82 Å². The van der Waals surface area contributed by atoms with Crippen molar-refractivity contribution in [3.63, 3.8) is 0 Å². The number of aromatic nitrogens is 4. The highest BCUT2D eigenvalue weighted by Crippen LogP contribution is 2.19. The molecule has 3 heterocycles. The molecule has 0 spiro atoms. The minimum Gasteiger partial charge on any atom is -0.385 e. The first-order chi connectivity index (χ1) is 12.3. The van der Waals surface area contributed by atoms with E-state index < -0.39 is 6.10 Å². The highest BCUT2D eigenvalue weighted by molar-refractivity contribution is 5.89. The Morgan fingerprint density at radius 3 is 2.81 bits per heavy atom. The maximum atomic E-state index is 11.8. The molecule has 26 heavy (non-hydrogen) atoms. The zero-order valence-electron chi connectivity index (χ0n) is 15.6. The topological polar surface area (TPSA) is 104 Å². The van der Waals surface area contributed by atoms with Crippen LogP contribution in [0.4, 0.5) is 0 Å². The average Bonchev–Trinajstić information content (AvgIpc) is 3.19. The second-order valence-electron chi connectivity index (χ2n) is 6.99. The van der Waals surface area contributed by atoms with Crippen molar-refractivity contribution in [3.05, 3.63) is 29.2 Å². The quantitative estimate of drug-likeness (QED) is 0.738. The Kier molecular flexibility index (Phi) is 5.35. The summed E-state index contributed by atoms with van der Waals surface area (Å²) in [5, 5.41) is 18.6. The number of aliphatic hydroxyl groups excluding tert-OH is 1. The molecule has 10 nitrogen and oxygen atoms in total. The molecule has 0 aromatic carbocycles. The molecule has 0 bridgehead atoms. The fourth-order valence-corrected chi connectivity index (χ4v) is 2.88. The number of fused-ring (bicyclic) bond motifs is 1. The molecule has 0 unspecified atom stereocenters. The molecular formula is C16H25N7O3. The normalized spacial score (nSPS) is 15.9. The van der Waals surface area contributed by atoms with Crippen molar-refractivity contribution in [2.24, 2.45) is 0 Å². The molecule has 1 N–H and O–H groups in total. The lowest BCUT2D eigenvalue weighted by atomic mass is 10.2. The molecule has 0 aliphatic carbocycles. The summed E-state index contributed by atoms with van der Waals surface area (Å²) >= 11 is 0. The van der Waals surface area contributed by atoms with Crippen LogP contribution < -0.4 is 0 Å². The van der Waals surface area contributed by atoms with E-state index in [0.29, 0.717) is 31.2 Å². The second-order valence-corrected chi connectivity index (χ2v) is 6.99. The summed E-state index contributed by atoms with van der Waals surface area (Å²) < 4.78 is 6.97. The van der Waals surface area contributed by atoms with Gasteiger partial charge in [-0.25, -0.2) is 0 Å². The molecule has 1 aliphatic heterocycles. The summed E-state index contributed by atoms with van der Waals surface area (Å²) in [5.41, 5.74) is 1.73. The van der Waals surface area contributed by atoms with Gasteiger partial charge in [0.05, 0.1) is 24.5 Å². The van der Waals surface area contributed by atoms with E-state index >= 15 is 0 Å². The molecule has 2 aromatic rings. The van der Waals surface area contributed by atoms with E-state index in [9.17, 15) is 9.90 Å². The van der Waals surface area contributed by atoms with Gasteiger partial charge in [-0.2, -0.15) is 10.1 Å². The van der Waals surface area contributed by atoms with E-state index in [1.54, 1.807) is 14.1 Å². The lowest BCUT2D eigenvalue weighted by Crippen LogP contribution is -2.33. The highest BCUT2D eigenvalue weighted by Gasteiger charge is 2.23. The maximum absolute atomic E-state index is 11.8. The van der Waals surface area contributed by atoms with Crippen LogP contribution in [0.3, 0.4) is 0 Å². The lowest BCUT2D eigenvalue weighted by molar-refractivity contribution is 0.0779. The largest absolute Gasteiger partial charge is 0.385 e. The minimum absolute atomic E-state index is 0.00106. The first-order valence-corrected chi connectivity index (χ1v) is 8.49. The van der Waals surface area contributed by atoms with Crippen LogP contribution in [0.2, 0.25) is 0 Å². The van der Waals surface area contributed by atoms with Crippen LogP contribution in [-0.4, -0.2) is 86.9 Å². The van der Waals surface area contributed by atoms with Gasteiger partial charge in [0.25, 0.3) is 0 Å². The van der Waals surface area contributed by atoms with Crippen LogP contribution in [0.1, 0.15) is 34.0 Å². The Morgan fingerprint density at radius 2 is 2.12 bits per heavy atom. The molecule has 1 atom stereocenters. The summed E-state index contributed by atoms with van der Waals surface area (Å²) in [7, 11) is 7.11. The third-order valence-corrected chi connectivity index (χ3v) is 4.20. The summed E-state index contributed by atoms with van der Waals surface area (Å²) in [4.78, 5) is 21.5. The molecule has 1 aliphatic rings. The summed E-state index contributed by atoms with van der Waals surface area (Å²) in [6, 6.07) is 1.94. The van der Waals surface area contributed by atoms with Crippen molar-refractivity contribution < 1.29 is 14.4 Å². The Hall–Kier alpha value is -2.30. The first kappa shape index (κ1) is 18.5. The predicted molar refractivity (Wildman–Crippen MR) is 92.2 cm³/mol. The summed E-state index contributed by atoms with van der Waals surface area (Å²) in [5.74, 6) is 0.178. The predicted octanol–water partition coefficient (Wildman–Crippen LogP) is -0.421. The van der Waals surface area contributed by atoms with E-state index in [0.717, 1.165) is 18.8 Å². The molecule has 0 saturated heterocycles. The van der Waals surface area contributed by atoms with Crippen molar-refractivity contribution in [1.82, 2.24) is 34.6 Å². The first-order valence-electron chi connectivity index (χ1n) is 8.49. The van der Waals surface area contributed by atoms with E-state index in [2.05, 4.69) is 20.1 Å². The molecule has 0 radical (unpaired) electrons. The molecule has 10 heteroatoms. The van der Waals surface area contributed by atoms with Crippen molar-refractivity contribution in [2.45, 2.75) is 25.7 Å². The Labute approximate surface area is 152 Å². The third-order valence-electron chi connectivity index (χ3n) is 4.20. The second kappa shape index (κ2) is 7.52. The van der Waals surface area contributed by atoms with Gasteiger partial charge in [0, 0.05) is 33.7 Å². The molecule has 0 fully saturated rings. The lowest BCUT2D eigenvalue weighted by Gasteiger charge is -2.26. The number of carbonyl (C=O) groups is 1. The Bertz CT molecular complexity index is 768. The summed E-state index contributed by atoms with van der Waals surface area (Å²) in [6.45, 7) is 3.21. The number of hydrogen-bond acceptors (Lipinski definition) is 8. The number of likely N-dealkylation sites (N-methyl/N-ethyl adjacent to an activating group) is 1. The fourth-order valence-electron chi connectivity index (χ4n) is 2.88. The van der Waals surface area contributed by atoms with Crippen LogP contribution in [0.15, 0.2) is 10.6 Å². The van der Waals surface area contributed by atoms with Crippen LogP contribution >= 0.6 is 0 Å². The van der Waals surface area contributed by atoms with Gasteiger partial charge in [-0.3, -0.25) is 14.4 Å². The number of amides is 1. The van der Waals surface area contributed by atoms with Crippen LogP contribution in [-0.2, 0) is 19.6 Å². The van der Waals surface area contributed by atoms with Crippen LogP contribution in [0.5, 0.6) is 0 Å². The number of rotatable bonds is 6. The SMILES string of the molecule is CN(C)C[C@@H](O)c1cc2n(n1)CCN(Cc1noc(C(=O)N(C)C)n1)C2. The monoisotopic (exact) mass is 363 g/mol. The number of nitrogens with zero attached hydrogens (tertiary/aromatic N) is 7. The third kappa shape index (κ3) is 4.09. The fraction of sp³-hybridized carbons (Fsp3) is 0.625. The molecule has 2 aromatic heterocycles. The van der Waals surface area contributed by atoms with Crippen molar-refractivity contribution in [3.8, 4) is 0 Å². The van der Waals surface area contributed by atoms with Crippen molar-refractivity contribution >= 4 is 5.91 Å².